The number of aryl methyl sites for hydroxylation is 1. The summed E-state index contributed by atoms with van der Waals surface area (Å²) in [6.45, 7) is 2.14. The van der Waals surface area contributed by atoms with E-state index in [1.807, 2.05) is 18.2 Å². The maximum atomic E-state index is 12.1. The van der Waals surface area contributed by atoms with Crippen molar-refractivity contribution in [1.82, 2.24) is 4.98 Å². The number of methoxy groups -OCH3 is 1. The molecule has 1 atom stereocenters. The van der Waals surface area contributed by atoms with Gasteiger partial charge in [0.05, 0.1) is 24.2 Å². The van der Waals surface area contributed by atoms with Crippen LogP contribution in [0.4, 0.5) is 0 Å². The number of carbonyl (C=O) groups is 1. The van der Waals surface area contributed by atoms with Crippen molar-refractivity contribution in [3.63, 3.8) is 0 Å². The normalized spacial score (nSPS) is 18.4. The highest BCUT2D eigenvalue weighted by molar-refractivity contribution is 5.86. The van der Waals surface area contributed by atoms with Gasteiger partial charge in [-0.25, -0.2) is 0 Å². The quantitative estimate of drug-likeness (QED) is 0.587. The Hall–Kier alpha value is -1.90. The minimum absolute atomic E-state index is 0.157. The van der Waals surface area contributed by atoms with Crippen LogP contribution >= 0.6 is 0 Å². The lowest BCUT2D eigenvalue weighted by atomic mass is 9.93. The van der Waals surface area contributed by atoms with Gasteiger partial charge >= 0.3 is 5.97 Å². The van der Waals surface area contributed by atoms with Crippen LogP contribution in [0, 0.1) is 6.92 Å². The van der Waals surface area contributed by atoms with Gasteiger partial charge in [-0.1, -0.05) is 24.6 Å². The van der Waals surface area contributed by atoms with Gasteiger partial charge in [-0.15, -0.1) is 0 Å². The van der Waals surface area contributed by atoms with E-state index >= 15 is 0 Å². The molecule has 0 bridgehead atoms. The molecule has 0 N–H and O–H groups in total. The van der Waals surface area contributed by atoms with Crippen molar-refractivity contribution in [3.05, 3.63) is 41.1 Å². The summed E-state index contributed by atoms with van der Waals surface area (Å²) < 4.78 is 4.98. The Labute approximate surface area is 119 Å². The van der Waals surface area contributed by atoms with Gasteiger partial charge in [0, 0.05) is 5.39 Å². The Morgan fingerprint density at radius 2 is 2.10 bits per heavy atom. The predicted molar refractivity (Wildman–Crippen MR) is 78.8 cm³/mol. The van der Waals surface area contributed by atoms with Crippen LogP contribution in [0.5, 0.6) is 0 Å². The Morgan fingerprint density at radius 1 is 1.30 bits per heavy atom. The van der Waals surface area contributed by atoms with Crippen molar-refractivity contribution in [3.8, 4) is 0 Å². The molecule has 0 fully saturated rings. The van der Waals surface area contributed by atoms with E-state index in [1.165, 1.54) is 23.6 Å². The number of aromatic nitrogens is 1. The molecule has 104 valence electrons. The third-order valence-electron chi connectivity index (χ3n) is 4.30. The zero-order valence-corrected chi connectivity index (χ0v) is 12.0. The summed E-state index contributed by atoms with van der Waals surface area (Å²) in [4.78, 5) is 16.9. The summed E-state index contributed by atoms with van der Waals surface area (Å²) in [5.74, 6) is -0.365. The maximum Gasteiger partial charge on any atom is 0.314 e. The van der Waals surface area contributed by atoms with Crippen molar-refractivity contribution < 1.29 is 9.53 Å². The SMILES string of the molecule is COC(=O)C1CCCCc2c1nc1ccccc1c2C. The average molecular weight is 269 g/mol. The fourth-order valence-corrected chi connectivity index (χ4v) is 3.20. The summed E-state index contributed by atoms with van der Waals surface area (Å²) in [5, 5.41) is 1.19. The summed E-state index contributed by atoms with van der Waals surface area (Å²) in [6.07, 6.45) is 4.00. The first-order valence-electron chi connectivity index (χ1n) is 7.18. The lowest BCUT2D eigenvalue weighted by Gasteiger charge is -2.17. The highest BCUT2D eigenvalue weighted by Gasteiger charge is 2.28. The largest absolute Gasteiger partial charge is 0.469 e. The third-order valence-corrected chi connectivity index (χ3v) is 4.30. The molecule has 0 aliphatic heterocycles. The molecule has 1 aliphatic carbocycles. The van der Waals surface area contributed by atoms with Crippen LogP contribution in [0.25, 0.3) is 10.9 Å². The van der Waals surface area contributed by atoms with Gasteiger partial charge in [-0.3, -0.25) is 9.78 Å². The van der Waals surface area contributed by atoms with Crippen molar-refractivity contribution >= 4 is 16.9 Å². The molecule has 0 saturated heterocycles. The molecule has 0 radical (unpaired) electrons. The first kappa shape index (κ1) is 13.1. The number of carbonyl (C=O) groups excluding carboxylic acids is 1. The van der Waals surface area contributed by atoms with E-state index < -0.39 is 0 Å². The van der Waals surface area contributed by atoms with Gasteiger partial charge in [0.25, 0.3) is 0 Å². The van der Waals surface area contributed by atoms with Crippen LogP contribution in [-0.4, -0.2) is 18.1 Å². The van der Waals surface area contributed by atoms with Crippen LogP contribution in [0.3, 0.4) is 0 Å². The summed E-state index contributed by atoms with van der Waals surface area (Å²) in [5.41, 5.74) is 4.42. The number of hydrogen-bond acceptors (Lipinski definition) is 3. The predicted octanol–water partition coefficient (Wildman–Crippen LogP) is 3.53. The standard InChI is InChI=1S/C17H19NO2/c1-11-12-7-5-6-10-15(12)18-16-13(11)8-3-4-9-14(16)17(19)20-2/h5-7,10,14H,3-4,8-9H2,1-2H3. The van der Waals surface area contributed by atoms with Crippen molar-refractivity contribution in [2.45, 2.75) is 38.5 Å². The smallest absolute Gasteiger partial charge is 0.314 e. The van der Waals surface area contributed by atoms with Crippen LogP contribution in [-0.2, 0) is 16.0 Å². The Morgan fingerprint density at radius 3 is 2.90 bits per heavy atom. The molecule has 0 spiro atoms. The molecule has 3 heteroatoms. The summed E-state index contributed by atoms with van der Waals surface area (Å²) in [6, 6.07) is 8.15. The van der Waals surface area contributed by atoms with E-state index in [-0.39, 0.29) is 11.9 Å². The maximum absolute atomic E-state index is 12.1. The highest BCUT2D eigenvalue weighted by atomic mass is 16.5. The second-order valence-electron chi connectivity index (χ2n) is 5.44. The number of rotatable bonds is 1. The number of hydrogen-bond donors (Lipinski definition) is 0. The van der Waals surface area contributed by atoms with Gasteiger partial charge in [-0.05, 0) is 43.4 Å². The minimum Gasteiger partial charge on any atom is -0.469 e. The van der Waals surface area contributed by atoms with E-state index in [1.54, 1.807) is 0 Å². The van der Waals surface area contributed by atoms with Gasteiger partial charge in [0.2, 0.25) is 0 Å². The number of esters is 1. The van der Waals surface area contributed by atoms with Gasteiger partial charge < -0.3 is 4.74 Å². The number of pyridine rings is 1. The molecule has 20 heavy (non-hydrogen) atoms. The zero-order valence-electron chi connectivity index (χ0n) is 12.0. The van der Waals surface area contributed by atoms with E-state index in [0.717, 1.165) is 36.9 Å². The third kappa shape index (κ3) is 2.07. The zero-order chi connectivity index (χ0) is 14.1. The molecule has 1 aliphatic rings. The highest BCUT2D eigenvalue weighted by Crippen LogP contribution is 2.34. The average Bonchev–Trinajstić information content (AvgIpc) is 2.69. The van der Waals surface area contributed by atoms with Crippen LogP contribution < -0.4 is 0 Å². The lowest BCUT2D eigenvalue weighted by molar-refractivity contribution is -0.142. The summed E-state index contributed by atoms with van der Waals surface area (Å²) >= 11 is 0. The van der Waals surface area contributed by atoms with E-state index in [2.05, 4.69) is 13.0 Å². The molecule has 1 unspecified atom stereocenters. The van der Waals surface area contributed by atoms with E-state index in [9.17, 15) is 4.79 Å². The first-order valence-corrected chi connectivity index (χ1v) is 7.18. The molecular weight excluding hydrogens is 250 g/mol. The fourth-order valence-electron chi connectivity index (χ4n) is 3.20. The topological polar surface area (TPSA) is 39.2 Å². The van der Waals surface area contributed by atoms with Crippen LogP contribution in [0.1, 0.15) is 42.0 Å². The molecule has 2 aromatic rings. The monoisotopic (exact) mass is 269 g/mol. The van der Waals surface area contributed by atoms with E-state index in [0.29, 0.717) is 0 Å². The van der Waals surface area contributed by atoms with Crippen LogP contribution in [0.15, 0.2) is 24.3 Å². The second-order valence-corrected chi connectivity index (χ2v) is 5.44. The number of nitrogens with zero attached hydrogens (tertiary/aromatic N) is 1. The van der Waals surface area contributed by atoms with Crippen molar-refractivity contribution in [2.75, 3.05) is 7.11 Å². The number of para-hydroxylation sites is 1. The second kappa shape index (κ2) is 5.23. The van der Waals surface area contributed by atoms with Crippen LogP contribution in [0.2, 0.25) is 0 Å². The molecule has 3 rings (SSSR count). The summed E-state index contributed by atoms with van der Waals surface area (Å²) in [7, 11) is 1.46. The fraction of sp³-hybridized carbons (Fsp3) is 0.412. The number of ether oxygens (including phenoxy) is 1. The van der Waals surface area contributed by atoms with Crippen molar-refractivity contribution in [1.29, 1.82) is 0 Å². The number of benzene rings is 1. The van der Waals surface area contributed by atoms with Crippen molar-refractivity contribution in [2.24, 2.45) is 0 Å². The lowest BCUT2D eigenvalue weighted by Crippen LogP contribution is -2.17. The van der Waals surface area contributed by atoms with E-state index in [4.69, 9.17) is 9.72 Å². The number of fused-ring (bicyclic) bond motifs is 2. The molecule has 1 heterocycles. The molecule has 3 nitrogen and oxygen atoms in total. The molecule has 0 amide bonds. The molecule has 1 aromatic heterocycles. The molecular formula is C17H19NO2. The van der Waals surface area contributed by atoms with Gasteiger partial charge in [0.1, 0.15) is 0 Å². The van der Waals surface area contributed by atoms with Gasteiger partial charge in [0.15, 0.2) is 0 Å². The molecule has 0 saturated carbocycles. The Kier molecular flexibility index (Phi) is 3.43. The molecule has 1 aromatic carbocycles. The van der Waals surface area contributed by atoms with Gasteiger partial charge in [-0.2, -0.15) is 0 Å². The first-order chi connectivity index (χ1) is 9.72. The Bertz CT molecular complexity index is 663. The Balaban J connectivity index is 2.25. The minimum atomic E-state index is -0.208.